The lowest BCUT2D eigenvalue weighted by atomic mass is 10.1. The zero-order valence-electron chi connectivity index (χ0n) is 13.2. The second-order valence-electron chi connectivity index (χ2n) is 4.66. The van der Waals surface area contributed by atoms with Crippen molar-refractivity contribution >= 4 is 35.6 Å². The predicted molar refractivity (Wildman–Crippen MR) is 93.8 cm³/mol. The second kappa shape index (κ2) is 8.94. The van der Waals surface area contributed by atoms with Crippen molar-refractivity contribution in [3.63, 3.8) is 0 Å². The van der Waals surface area contributed by atoms with Gasteiger partial charge in [-0.15, -0.1) is 0 Å². The molecule has 0 radical (unpaired) electrons. The number of esters is 1. The molecule has 0 aliphatic heterocycles. The van der Waals surface area contributed by atoms with Crippen LogP contribution in [0.1, 0.15) is 18.1 Å². The smallest absolute Gasteiger partial charge is 0.327 e. The van der Waals surface area contributed by atoms with Crippen LogP contribution in [0.15, 0.2) is 35.9 Å². The molecule has 0 unspecified atom stereocenters. The number of thiocarbonyl (C=S) groups is 1. The molecule has 0 fully saturated rings. The molecule has 0 spiro atoms. The summed E-state index contributed by atoms with van der Waals surface area (Å²) >= 11 is 5.27. The van der Waals surface area contributed by atoms with E-state index >= 15 is 0 Å². The molecule has 0 saturated carbocycles. The van der Waals surface area contributed by atoms with Gasteiger partial charge in [0.2, 0.25) is 0 Å². The fraction of sp³-hybridized carbons (Fsp3) is 0.312. The van der Waals surface area contributed by atoms with E-state index in [9.17, 15) is 4.79 Å². The van der Waals surface area contributed by atoms with Crippen LogP contribution >= 0.6 is 12.2 Å². The first-order chi connectivity index (χ1) is 10.5. The van der Waals surface area contributed by atoms with Gasteiger partial charge in [-0.1, -0.05) is 36.9 Å². The first-order valence-electron chi connectivity index (χ1n) is 6.88. The molecule has 0 aliphatic carbocycles. The van der Waals surface area contributed by atoms with Gasteiger partial charge in [-0.25, -0.2) is 5.01 Å². The molecule has 22 heavy (non-hydrogen) atoms. The third-order valence-corrected chi connectivity index (χ3v) is 3.28. The van der Waals surface area contributed by atoms with E-state index in [1.165, 1.54) is 5.01 Å². The summed E-state index contributed by atoms with van der Waals surface area (Å²) in [5.74, 6) is -0.370. The van der Waals surface area contributed by atoms with Crippen LogP contribution in [0.3, 0.4) is 0 Å². The first-order valence-corrected chi connectivity index (χ1v) is 7.29. The number of ether oxygens (including phenoxy) is 1. The Hall–Kier alpha value is -2.21. The third kappa shape index (κ3) is 5.65. The highest BCUT2D eigenvalue weighted by Gasteiger charge is 2.15. The predicted octanol–water partition coefficient (Wildman–Crippen LogP) is 2.38. The molecule has 118 valence electrons. The maximum Gasteiger partial charge on any atom is 0.327 e. The van der Waals surface area contributed by atoms with Crippen LogP contribution in [-0.4, -0.2) is 54.5 Å². The SMILES string of the molecule is C=Cc1ccc(C=NN(CC(=O)OCC)C(=S)N(C)C)cc1. The molecular formula is C16H21N3O2S. The van der Waals surface area contributed by atoms with Crippen molar-refractivity contribution in [2.75, 3.05) is 27.2 Å². The van der Waals surface area contributed by atoms with Crippen LogP contribution in [0.4, 0.5) is 0 Å². The number of nitrogens with zero attached hydrogens (tertiary/aromatic N) is 3. The van der Waals surface area contributed by atoms with Crippen LogP contribution in [0, 0.1) is 0 Å². The summed E-state index contributed by atoms with van der Waals surface area (Å²) in [6.07, 6.45) is 3.43. The highest BCUT2D eigenvalue weighted by Crippen LogP contribution is 2.05. The fourth-order valence-corrected chi connectivity index (χ4v) is 1.68. The molecule has 0 heterocycles. The topological polar surface area (TPSA) is 45.1 Å². The summed E-state index contributed by atoms with van der Waals surface area (Å²) in [5.41, 5.74) is 1.94. The van der Waals surface area contributed by atoms with E-state index in [4.69, 9.17) is 17.0 Å². The van der Waals surface area contributed by atoms with Gasteiger partial charge in [0.25, 0.3) is 0 Å². The molecule has 1 aromatic rings. The van der Waals surface area contributed by atoms with Gasteiger partial charge in [0, 0.05) is 14.1 Å². The van der Waals surface area contributed by atoms with E-state index in [1.54, 1.807) is 38.2 Å². The quantitative estimate of drug-likeness (QED) is 0.349. The second-order valence-corrected chi connectivity index (χ2v) is 5.02. The van der Waals surface area contributed by atoms with E-state index in [-0.39, 0.29) is 12.5 Å². The molecule has 0 amide bonds. The third-order valence-electron chi connectivity index (χ3n) is 2.71. The normalized spacial score (nSPS) is 10.3. The van der Waals surface area contributed by atoms with E-state index in [2.05, 4.69) is 11.7 Å². The van der Waals surface area contributed by atoms with Crippen molar-refractivity contribution in [1.82, 2.24) is 9.91 Å². The van der Waals surface area contributed by atoms with E-state index in [0.717, 1.165) is 11.1 Å². The Bertz CT molecular complexity index is 553. The molecule has 0 bridgehead atoms. The van der Waals surface area contributed by atoms with Gasteiger partial charge >= 0.3 is 5.97 Å². The summed E-state index contributed by atoms with van der Waals surface area (Å²) in [7, 11) is 3.60. The number of hydrogen-bond donors (Lipinski definition) is 0. The van der Waals surface area contributed by atoms with E-state index in [1.807, 2.05) is 24.3 Å². The summed E-state index contributed by atoms with van der Waals surface area (Å²) < 4.78 is 4.94. The Labute approximate surface area is 136 Å². The molecule has 0 N–H and O–H groups in total. The summed E-state index contributed by atoms with van der Waals surface area (Å²) in [6.45, 7) is 5.78. The summed E-state index contributed by atoms with van der Waals surface area (Å²) in [6, 6.07) is 7.71. The van der Waals surface area contributed by atoms with Crippen molar-refractivity contribution in [2.24, 2.45) is 5.10 Å². The first kappa shape index (κ1) is 17.8. The fourth-order valence-electron chi connectivity index (χ4n) is 1.57. The van der Waals surface area contributed by atoms with Crippen molar-refractivity contribution in [1.29, 1.82) is 0 Å². The van der Waals surface area contributed by atoms with Gasteiger partial charge < -0.3 is 9.64 Å². The molecular weight excluding hydrogens is 298 g/mol. The molecule has 1 aromatic carbocycles. The van der Waals surface area contributed by atoms with Crippen LogP contribution in [0.5, 0.6) is 0 Å². The van der Waals surface area contributed by atoms with Gasteiger partial charge in [0.15, 0.2) is 5.11 Å². The van der Waals surface area contributed by atoms with Crippen LogP contribution in [-0.2, 0) is 9.53 Å². The molecule has 0 aliphatic rings. The number of rotatable bonds is 6. The summed E-state index contributed by atoms with van der Waals surface area (Å²) in [5, 5.41) is 6.17. The molecule has 1 rings (SSSR count). The number of hydrazone groups is 1. The monoisotopic (exact) mass is 319 g/mol. The Morgan fingerprint density at radius 1 is 1.32 bits per heavy atom. The van der Waals surface area contributed by atoms with Crippen molar-refractivity contribution < 1.29 is 9.53 Å². The van der Waals surface area contributed by atoms with Gasteiger partial charge in [0.05, 0.1) is 12.8 Å². The van der Waals surface area contributed by atoms with Crippen LogP contribution in [0.25, 0.3) is 6.08 Å². The van der Waals surface area contributed by atoms with E-state index in [0.29, 0.717) is 11.7 Å². The average molecular weight is 319 g/mol. The Balaban J connectivity index is 2.85. The minimum atomic E-state index is -0.370. The number of hydrogen-bond acceptors (Lipinski definition) is 4. The Morgan fingerprint density at radius 3 is 2.41 bits per heavy atom. The minimum absolute atomic E-state index is 0.0217. The number of carbonyl (C=O) groups excluding carboxylic acids is 1. The zero-order chi connectivity index (χ0) is 16.5. The largest absolute Gasteiger partial charge is 0.465 e. The molecule has 0 atom stereocenters. The van der Waals surface area contributed by atoms with Gasteiger partial charge in [-0.3, -0.25) is 4.79 Å². The maximum absolute atomic E-state index is 11.6. The average Bonchev–Trinajstić information content (AvgIpc) is 2.51. The van der Waals surface area contributed by atoms with Crippen molar-refractivity contribution in [3.05, 3.63) is 42.0 Å². The Morgan fingerprint density at radius 2 is 1.91 bits per heavy atom. The highest BCUT2D eigenvalue weighted by molar-refractivity contribution is 7.80. The van der Waals surface area contributed by atoms with Gasteiger partial charge in [0.1, 0.15) is 6.54 Å². The van der Waals surface area contributed by atoms with Gasteiger partial charge in [-0.05, 0) is 30.3 Å². The Kier molecular flexibility index (Phi) is 7.25. The standard InChI is InChI=1S/C16H21N3O2S/c1-5-13-7-9-14(10-8-13)11-17-19(16(22)18(3)4)12-15(20)21-6-2/h5,7-11H,1,6,12H2,2-4H3. The minimum Gasteiger partial charge on any atom is -0.465 e. The summed E-state index contributed by atoms with van der Waals surface area (Å²) in [4.78, 5) is 13.4. The van der Waals surface area contributed by atoms with Crippen LogP contribution < -0.4 is 0 Å². The zero-order valence-corrected chi connectivity index (χ0v) is 14.0. The highest BCUT2D eigenvalue weighted by atomic mass is 32.1. The maximum atomic E-state index is 11.6. The number of carbonyl (C=O) groups is 1. The lowest BCUT2D eigenvalue weighted by Gasteiger charge is -2.23. The van der Waals surface area contributed by atoms with Crippen molar-refractivity contribution in [2.45, 2.75) is 6.92 Å². The molecule has 0 saturated heterocycles. The lowest BCUT2D eigenvalue weighted by Crippen LogP contribution is -2.39. The number of benzene rings is 1. The molecule has 0 aromatic heterocycles. The van der Waals surface area contributed by atoms with Gasteiger partial charge in [-0.2, -0.15) is 5.10 Å². The lowest BCUT2D eigenvalue weighted by molar-refractivity contribution is -0.143. The van der Waals surface area contributed by atoms with Crippen LogP contribution in [0.2, 0.25) is 0 Å². The van der Waals surface area contributed by atoms with E-state index < -0.39 is 0 Å². The molecule has 5 nitrogen and oxygen atoms in total. The molecule has 6 heteroatoms. The van der Waals surface area contributed by atoms with Crippen molar-refractivity contribution in [3.8, 4) is 0 Å².